The molecule has 4 nitrogen and oxygen atoms in total. The molecule has 0 spiro atoms. The maximum atomic E-state index is 5.66. The first-order chi connectivity index (χ1) is 7.65. The van der Waals surface area contributed by atoms with E-state index in [2.05, 4.69) is 28.9 Å². The minimum Gasteiger partial charge on any atom is -0.272 e. The molecule has 16 heavy (non-hydrogen) atoms. The van der Waals surface area contributed by atoms with E-state index < -0.39 is 0 Å². The average Bonchev–Trinajstić information content (AvgIpc) is 2.84. The topological polar surface area (TPSA) is 55.9 Å². The lowest BCUT2D eigenvalue weighted by Gasteiger charge is -2.15. The van der Waals surface area contributed by atoms with E-state index in [1.165, 1.54) is 10.4 Å². The van der Waals surface area contributed by atoms with Gasteiger partial charge in [0.1, 0.15) is 0 Å². The van der Waals surface area contributed by atoms with Crippen molar-refractivity contribution in [1.29, 1.82) is 0 Å². The van der Waals surface area contributed by atoms with Gasteiger partial charge in [-0.1, -0.05) is 6.07 Å². The Morgan fingerprint density at radius 3 is 2.69 bits per heavy atom. The van der Waals surface area contributed by atoms with Crippen molar-refractivity contribution in [2.24, 2.45) is 12.9 Å². The summed E-state index contributed by atoms with van der Waals surface area (Å²) < 4.78 is 1.89. The summed E-state index contributed by atoms with van der Waals surface area (Å²) in [4.78, 5) is 1.21. The summed E-state index contributed by atoms with van der Waals surface area (Å²) in [6, 6.07) is 4.15. The first kappa shape index (κ1) is 11.3. The summed E-state index contributed by atoms with van der Waals surface area (Å²) >= 11 is 1.70. The van der Waals surface area contributed by atoms with Crippen LogP contribution < -0.4 is 11.3 Å². The molecule has 0 aliphatic carbocycles. The zero-order valence-electron chi connectivity index (χ0n) is 9.69. The highest BCUT2D eigenvalue weighted by Crippen LogP contribution is 2.29. The van der Waals surface area contributed by atoms with Crippen molar-refractivity contribution in [3.63, 3.8) is 0 Å². The van der Waals surface area contributed by atoms with E-state index >= 15 is 0 Å². The second kappa shape index (κ2) is 4.37. The van der Waals surface area contributed by atoms with E-state index in [9.17, 15) is 0 Å². The van der Waals surface area contributed by atoms with Gasteiger partial charge >= 0.3 is 0 Å². The Morgan fingerprint density at radius 2 is 2.25 bits per heavy atom. The summed E-state index contributed by atoms with van der Waals surface area (Å²) in [6.07, 6.45) is 0. The number of hydrogen-bond donors (Lipinski definition) is 2. The van der Waals surface area contributed by atoms with Gasteiger partial charge in [-0.15, -0.1) is 11.3 Å². The van der Waals surface area contributed by atoms with Gasteiger partial charge in [0.15, 0.2) is 0 Å². The monoisotopic (exact) mass is 236 g/mol. The quantitative estimate of drug-likeness (QED) is 0.629. The van der Waals surface area contributed by atoms with Gasteiger partial charge in [0.2, 0.25) is 0 Å². The number of rotatable bonds is 3. The Kier molecular flexibility index (Phi) is 3.09. The minimum absolute atomic E-state index is 0.0358. The van der Waals surface area contributed by atoms with Crippen molar-refractivity contribution in [2.75, 3.05) is 0 Å². The standard InChI is InChI=1S/C11H16N4S/c1-7-10(8(2)15(3)14-7)11(13-12)9-5-4-6-16-9/h4-6,11,13H,12H2,1-3H3. The van der Waals surface area contributed by atoms with Gasteiger partial charge in [0, 0.05) is 23.2 Å². The van der Waals surface area contributed by atoms with Crippen LogP contribution in [0.5, 0.6) is 0 Å². The van der Waals surface area contributed by atoms with Crippen LogP contribution in [0.15, 0.2) is 17.5 Å². The first-order valence-corrected chi connectivity index (χ1v) is 6.02. The summed E-state index contributed by atoms with van der Waals surface area (Å²) in [5, 5.41) is 6.47. The number of nitrogens with zero attached hydrogens (tertiary/aromatic N) is 2. The van der Waals surface area contributed by atoms with Crippen molar-refractivity contribution in [3.05, 3.63) is 39.3 Å². The third kappa shape index (κ3) is 1.77. The van der Waals surface area contributed by atoms with Gasteiger partial charge in [-0.25, -0.2) is 5.43 Å². The largest absolute Gasteiger partial charge is 0.272 e. The molecule has 0 amide bonds. The predicted octanol–water partition coefficient (Wildman–Crippen LogP) is 1.65. The molecule has 0 aromatic carbocycles. The Hall–Kier alpha value is -1.17. The van der Waals surface area contributed by atoms with E-state index in [0.29, 0.717) is 0 Å². The van der Waals surface area contributed by atoms with Crippen LogP contribution in [0, 0.1) is 13.8 Å². The Labute approximate surface area is 99.1 Å². The van der Waals surface area contributed by atoms with Gasteiger partial charge in [-0.05, 0) is 25.3 Å². The van der Waals surface area contributed by atoms with Crippen molar-refractivity contribution < 1.29 is 0 Å². The number of hydrogen-bond acceptors (Lipinski definition) is 4. The van der Waals surface area contributed by atoms with Crippen LogP contribution in [-0.4, -0.2) is 9.78 Å². The zero-order valence-corrected chi connectivity index (χ0v) is 10.5. The molecule has 0 fully saturated rings. The summed E-state index contributed by atoms with van der Waals surface area (Å²) in [7, 11) is 1.95. The molecule has 5 heteroatoms. The molecule has 0 radical (unpaired) electrons. The fourth-order valence-electron chi connectivity index (χ4n) is 1.97. The minimum atomic E-state index is 0.0358. The lowest BCUT2D eigenvalue weighted by Crippen LogP contribution is -2.29. The molecule has 86 valence electrons. The number of aryl methyl sites for hydroxylation is 2. The van der Waals surface area contributed by atoms with Crippen molar-refractivity contribution >= 4 is 11.3 Å². The molecule has 0 aliphatic rings. The maximum absolute atomic E-state index is 5.66. The number of nitrogens with two attached hydrogens (primary N) is 1. The Morgan fingerprint density at radius 1 is 1.50 bits per heavy atom. The molecule has 1 atom stereocenters. The fraction of sp³-hybridized carbons (Fsp3) is 0.364. The second-order valence-electron chi connectivity index (χ2n) is 3.82. The molecule has 2 aromatic heterocycles. The molecule has 2 rings (SSSR count). The second-order valence-corrected chi connectivity index (χ2v) is 4.80. The van der Waals surface area contributed by atoms with Gasteiger partial charge in [-0.3, -0.25) is 10.5 Å². The number of thiophene rings is 1. The van der Waals surface area contributed by atoms with E-state index in [1.54, 1.807) is 11.3 Å². The highest BCUT2D eigenvalue weighted by Gasteiger charge is 2.21. The van der Waals surface area contributed by atoms with Gasteiger partial charge in [-0.2, -0.15) is 5.10 Å². The SMILES string of the molecule is Cc1nn(C)c(C)c1C(NN)c1cccs1. The van der Waals surface area contributed by atoms with Crippen molar-refractivity contribution in [2.45, 2.75) is 19.9 Å². The average molecular weight is 236 g/mol. The van der Waals surface area contributed by atoms with Crippen LogP contribution in [0.1, 0.15) is 27.9 Å². The van der Waals surface area contributed by atoms with E-state index in [4.69, 9.17) is 5.84 Å². The third-order valence-electron chi connectivity index (χ3n) is 2.85. The Balaban J connectivity index is 2.49. The molecule has 0 aliphatic heterocycles. The number of nitrogens with one attached hydrogen (secondary N) is 1. The molecule has 3 N–H and O–H groups in total. The first-order valence-electron chi connectivity index (χ1n) is 5.14. The normalized spacial score (nSPS) is 13.0. The van der Waals surface area contributed by atoms with Crippen LogP contribution in [0.4, 0.5) is 0 Å². The molecule has 0 saturated carbocycles. The number of hydrazine groups is 1. The van der Waals surface area contributed by atoms with E-state index in [0.717, 1.165) is 11.4 Å². The molecule has 0 bridgehead atoms. The molecule has 1 unspecified atom stereocenters. The van der Waals surface area contributed by atoms with Gasteiger partial charge in [0.25, 0.3) is 0 Å². The molecular weight excluding hydrogens is 220 g/mol. The summed E-state index contributed by atoms with van der Waals surface area (Å²) in [5.41, 5.74) is 6.22. The molecular formula is C11H16N4S. The predicted molar refractivity (Wildman–Crippen MR) is 66.2 cm³/mol. The lowest BCUT2D eigenvalue weighted by atomic mass is 10.0. The lowest BCUT2D eigenvalue weighted by molar-refractivity contribution is 0.637. The molecule has 0 saturated heterocycles. The van der Waals surface area contributed by atoms with Gasteiger partial charge < -0.3 is 0 Å². The highest BCUT2D eigenvalue weighted by molar-refractivity contribution is 7.10. The maximum Gasteiger partial charge on any atom is 0.0838 e. The molecule has 2 heterocycles. The van der Waals surface area contributed by atoms with Crippen LogP contribution in [0.2, 0.25) is 0 Å². The summed E-state index contributed by atoms with van der Waals surface area (Å²) in [5.74, 6) is 5.66. The summed E-state index contributed by atoms with van der Waals surface area (Å²) in [6.45, 7) is 4.08. The Bertz CT molecular complexity index is 472. The van der Waals surface area contributed by atoms with Gasteiger partial charge in [0.05, 0.1) is 11.7 Å². The van der Waals surface area contributed by atoms with Crippen LogP contribution in [0.25, 0.3) is 0 Å². The highest BCUT2D eigenvalue weighted by atomic mass is 32.1. The van der Waals surface area contributed by atoms with Crippen molar-refractivity contribution in [3.8, 4) is 0 Å². The fourth-order valence-corrected chi connectivity index (χ4v) is 2.76. The van der Waals surface area contributed by atoms with E-state index in [1.807, 2.05) is 24.7 Å². The van der Waals surface area contributed by atoms with Crippen LogP contribution in [-0.2, 0) is 7.05 Å². The zero-order chi connectivity index (χ0) is 11.7. The third-order valence-corrected chi connectivity index (χ3v) is 3.79. The van der Waals surface area contributed by atoms with Crippen molar-refractivity contribution in [1.82, 2.24) is 15.2 Å². The van der Waals surface area contributed by atoms with Crippen LogP contribution in [0.3, 0.4) is 0 Å². The smallest absolute Gasteiger partial charge is 0.0838 e. The van der Waals surface area contributed by atoms with E-state index in [-0.39, 0.29) is 6.04 Å². The van der Waals surface area contributed by atoms with Crippen LogP contribution >= 0.6 is 11.3 Å². The number of aromatic nitrogens is 2. The molecule has 2 aromatic rings.